The van der Waals surface area contributed by atoms with Gasteiger partial charge in [0.05, 0.1) is 5.69 Å². The lowest BCUT2D eigenvalue weighted by atomic mass is 9.86. The molecule has 0 bridgehead atoms. The molecule has 1 atom stereocenters. The van der Waals surface area contributed by atoms with E-state index in [0.717, 1.165) is 38.9 Å². The zero-order valence-electron chi connectivity index (χ0n) is 19.3. The first kappa shape index (κ1) is 23.6. The highest BCUT2D eigenvalue weighted by atomic mass is 19.3. The number of pyridine rings is 1. The molecule has 1 aromatic heterocycles. The third-order valence-electron chi connectivity index (χ3n) is 6.51. The normalized spacial score (nSPS) is 13.9. The number of rotatable bonds is 8. The van der Waals surface area contributed by atoms with Gasteiger partial charge in [-0.15, -0.1) is 0 Å². The maximum Gasteiger partial charge on any atom is 0.341 e. The Bertz CT molecular complexity index is 1440. The third kappa shape index (κ3) is 4.45. The largest absolute Gasteiger partial charge is 0.482 e. The molecule has 7 heteroatoms. The molecule has 5 nitrogen and oxygen atoms in total. The van der Waals surface area contributed by atoms with Gasteiger partial charge in [0.25, 0.3) is 6.43 Å². The number of fused-ring (bicyclic) bond motifs is 3. The van der Waals surface area contributed by atoms with E-state index in [4.69, 9.17) is 15.6 Å². The predicted octanol–water partition coefficient (Wildman–Crippen LogP) is 5.96. The van der Waals surface area contributed by atoms with Gasteiger partial charge in [-0.25, -0.2) is 13.6 Å². The summed E-state index contributed by atoms with van der Waals surface area (Å²) >= 11 is 0. The van der Waals surface area contributed by atoms with Crippen molar-refractivity contribution in [2.24, 2.45) is 5.73 Å². The molecule has 0 saturated carbocycles. The summed E-state index contributed by atoms with van der Waals surface area (Å²) in [6.45, 7) is -0.0814. The summed E-state index contributed by atoms with van der Waals surface area (Å²) in [7, 11) is 0. The van der Waals surface area contributed by atoms with E-state index in [1.165, 1.54) is 6.07 Å². The number of carboxylic acid groups (broad SMARTS) is 1. The Morgan fingerprint density at radius 3 is 2.58 bits per heavy atom. The Labute approximate surface area is 207 Å². The highest BCUT2D eigenvalue weighted by molar-refractivity contribution is 5.87. The number of nitrogens with zero attached hydrogens (tertiary/aromatic N) is 1. The van der Waals surface area contributed by atoms with Crippen molar-refractivity contribution in [2.45, 2.75) is 25.3 Å². The van der Waals surface area contributed by atoms with E-state index in [9.17, 15) is 13.6 Å². The monoisotopic (exact) mass is 486 g/mol. The fourth-order valence-corrected chi connectivity index (χ4v) is 5.04. The molecule has 0 saturated heterocycles. The van der Waals surface area contributed by atoms with E-state index in [1.54, 1.807) is 30.5 Å². The number of hydrogen-bond acceptors (Lipinski definition) is 4. The van der Waals surface area contributed by atoms with Gasteiger partial charge in [-0.3, -0.25) is 4.98 Å². The molecular formula is C29H24F2N2O3. The van der Waals surface area contributed by atoms with E-state index in [1.807, 2.05) is 30.3 Å². The van der Waals surface area contributed by atoms with Crippen LogP contribution in [0.15, 0.2) is 79.0 Å². The van der Waals surface area contributed by atoms with Crippen LogP contribution in [0.2, 0.25) is 0 Å². The smallest absolute Gasteiger partial charge is 0.341 e. The Kier molecular flexibility index (Phi) is 6.48. The molecule has 3 N–H and O–H groups in total. The molecule has 0 radical (unpaired) electrons. The van der Waals surface area contributed by atoms with Crippen LogP contribution in [-0.4, -0.2) is 22.7 Å². The van der Waals surface area contributed by atoms with Crippen molar-refractivity contribution in [3.63, 3.8) is 0 Å². The average Bonchev–Trinajstić information content (AvgIpc) is 3.21. The van der Waals surface area contributed by atoms with E-state index in [0.29, 0.717) is 24.4 Å². The minimum absolute atomic E-state index is 0.000106. The van der Waals surface area contributed by atoms with Crippen molar-refractivity contribution < 1.29 is 23.4 Å². The van der Waals surface area contributed by atoms with Crippen LogP contribution in [0.4, 0.5) is 8.78 Å². The van der Waals surface area contributed by atoms with Gasteiger partial charge in [-0.05, 0) is 45.9 Å². The summed E-state index contributed by atoms with van der Waals surface area (Å²) in [5.74, 6) is -0.764. The van der Waals surface area contributed by atoms with Gasteiger partial charge in [0.2, 0.25) is 0 Å². The first-order valence-electron chi connectivity index (χ1n) is 11.6. The summed E-state index contributed by atoms with van der Waals surface area (Å²) in [4.78, 5) is 15.5. The van der Waals surface area contributed by atoms with Crippen molar-refractivity contribution in [3.8, 4) is 28.1 Å². The number of carbonyl (C=O) groups is 1. The van der Waals surface area contributed by atoms with Crippen LogP contribution in [0.3, 0.4) is 0 Å². The number of carboxylic acids is 1. The molecule has 1 unspecified atom stereocenters. The van der Waals surface area contributed by atoms with Crippen LogP contribution in [0.1, 0.15) is 40.2 Å². The number of nitrogens with two attached hydrogens (primary N) is 1. The molecule has 4 aromatic rings. The van der Waals surface area contributed by atoms with E-state index in [2.05, 4.69) is 17.1 Å². The highest BCUT2D eigenvalue weighted by Crippen LogP contribution is 2.51. The van der Waals surface area contributed by atoms with Crippen molar-refractivity contribution in [3.05, 3.63) is 107 Å². The van der Waals surface area contributed by atoms with Crippen molar-refractivity contribution >= 4 is 5.97 Å². The van der Waals surface area contributed by atoms with Crippen LogP contribution in [-0.2, 0) is 17.8 Å². The van der Waals surface area contributed by atoms with Gasteiger partial charge >= 0.3 is 5.97 Å². The Balaban J connectivity index is 1.65. The first-order valence-corrected chi connectivity index (χ1v) is 11.6. The second-order valence-electron chi connectivity index (χ2n) is 8.71. The van der Waals surface area contributed by atoms with Crippen LogP contribution >= 0.6 is 0 Å². The standard InChI is InChI=1S/C29H24F2N2O3/c30-29(31)18-5-1-4-17(12-18)13-24-21-7-2-6-19(15-32)27(21)23-9-3-8-22(28(23)24)25-14-20(10-11-33-25)36-16-26(34)35/h1-12,14,24,29H,13,15-16,32H2,(H,34,35). The average molecular weight is 487 g/mol. The molecule has 0 spiro atoms. The summed E-state index contributed by atoms with van der Waals surface area (Å²) in [5, 5.41) is 8.97. The van der Waals surface area contributed by atoms with Crippen LogP contribution in [0.25, 0.3) is 22.4 Å². The highest BCUT2D eigenvalue weighted by Gasteiger charge is 2.33. The lowest BCUT2D eigenvalue weighted by Gasteiger charge is -2.18. The maximum atomic E-state index is 13.4. The number of alkyl halides is 2. The van der Waals surface area contributed by atoms with Gasteiger partial charge in [0, 0.05) is 35.9 Å². The Morgan fingerprint density at radius 2 is 1.81 bits per heavy atom. The van der Waals surface area contributed by atoms with Gasteiger partial charge in [-0.1, -0.05) is 60.7 Å². The molecule has 36 heavy (non-hydrogen) atoms. The number of aliphatic carboxylic acids is 1. The number of aromatic nitrogens is 1. The molecular weight excluding hydrogens is 462 g/mol. The lowest BCUT2D eigenvalue weighted by molar-refractivity contribution is -0.139. The summed E-state index contributed by atoms with van der Waals surface area (Å²) in [6, 6.07) is 21.9. The van der Waals surface area contributed by atoms with Crippen LogP contribution in [0.5, 0.6) is 5.75 Å². The number of halogens is 2. The molecule has 5 rings (SSSR count). The van der Waals surface area contributed by atoms with Crippen molar-refractivity contribution in [2.75, 3.05) is 6.61 Å². The second-order valence-corrected chi connectivity index (χ2v) is 8.71. The summed E-state index contributed by atoms with van der Waals surface area (Å²) in [6.07, 6.45) is -0.424. The predicted molar refractivity (Wildman–Crippen MR) is 133 cm³/mol. The Hall–Kier alpha value is -4.10. The van der Waals surface area contributed by atoms with Crippen molar-refractivity contribution in [1.29, 1.82) is 0 Å². The van der Waals surface area contributed by atoms with Gasteiger partial charge in [0.15, 0.2) is 6.61 Å². The lowest BCUT2D eigenvalue weighted by Crippen LogP contribution is -2.09. The molecule has 1 heterocycles. The maximum absolute atomic E-state index is 13.4. The van der Waals surface area contributed by atoms with Crippen LogP contribution in [0, 0.1) is 0 Å². The van der Waals surface area contributed by atoms with Gasteiger partial charge in [-0.2, -0.15) is 0 Å². The SMILES string of the molecule is NCc1cccc2c1-c1cccc(-c3cc(OCC(=O)O)ccn3)c1C2Cc1cccc(C(F)F)c1. The second kappa shape index (κ2) is 9.87. The first-order chi connectivity index (χ1) is 17.5. The summed E-state index contributed by atoms with van der Waals surface area (Å²) < 4.78 is 32.2. The van der Waals surface area contributed by atoms with E-state index >= 15 is 0 Å². The fourth-order valence-electron chi connectivity index (χ4n) is 5.04. The van der Waals surface area contributed by atoms with Gasteiger partial charge in [0.1, 0.15) is 5.75 Å². The zero-order chi connectivity index (χ0) is 25.2. The molecule has 0 amide bonds. The topological polar surface area (TPSA) is 85.4 Å². The molecule has 3 aromatic carbocycles. The van der Waals surface area contributed by atoms with E-state index in [-0.39, 0.29) is 11.5 Å². The summed E-state index contributed by atoms with van der Waals surface area (Å²) in [5.41, 5.74) is 13.7. The zero-order valence-corrected chi connectivity index (χ0v) is 19.3. The number of ether oxygens (including phenoxy) is 1. The Morgan fingerprint density at radius 1 is 1.03 bits per heavy atom. The number of benzene rings is 3. The third-order valence-corrected chi connectivity index (χ3v) is 6.51. The molecule has 182 valence electrons. The van der Waals surface area contributed by atoms with E-state index < -0.39 is 19.0 Å². The number of hydrogen-bond donors (Lipinski definition) is 2. The minimum atomic E-state index is -2.54. The minimum Gasteiger partial charge on any atom is -0.482 e. The molecule has 0 aliphatic heterocycles. The molecule has 0 fully saturated rings. The molecule has 1 aliphatic carbocycles. The van der Waals surface area contributed by atoms with Gasteiger partial charge < -0.3 is 15.6 Å². The fraction of sp³-hybridized carbons (Fsp3) is 0.172. The van der Waals surface area contributed by atoms with Crippen LogP contribution < -0.4 is 10.5 Å². The van der Waals surface area contributed by atoms with Crippen molar-refractivity contribution in [1.82, 2.24) is 4.98 Å². The molecule has 1 aliphatic rings. The quantitative estimate of drug-likeness (QED) is 0.321.